The van der Waals surface area contributed by atoms with Crippen LogP contribution in [0.2, 0.25) is 0 Å². The van der Waals surface area contributed by atoms with Crippen LogP contribution in [-0.2, 0) is 19.1 Å². The number of methoxy groups -OCH3 is 1. The smallest absolute Gasteiger partial charge is 0.268 e. The summed E-state index contributed by atoms with van der Waals surface area (Å²) in [4.78, 5) is 41.6. The summed E-state index contributed by atoms with van der Waals surface area (Å²) >= 11 is 0. The van der Waals surface area contributed by atoms with Gasteiger partial charge in [-0.1, -0.05) is 18.9 Å². The van der Waals surface area contributed by atoms with E-state index in [1.165, 1.54) is 0 Å². The van der Waals surface area contributed by atoms with E-state index in [0.717, 1.165) is 30.2 Å². The Kier molecular flexibility index (Phi) is 10.2. The highest BCUT2D eigenvalue weighted by Gasteiger charge is 2.33. The molecule has 3 amide bonds. The molecule has 1 aliphatic heterocycles. The zero-order valence-corrected chi connectivity index (χ0v) is 22.3. The van der Waals surface area contributed by atoms with E-state index < -0.39 is 23.9 Å². The summed E-state index contributed by atoms with van der Waals surface area (Å²) in [5.74, 6) is -0.236. The molecule has 0 unspecified atom stereocenters. The van der Waals surface area contributed by atoms with Crippen LogP contribution in [0, 0.1) is 23.2 Å². The number of fused-ring (bicyclic) bond motifs is 1. The van der Waals surface area contributed by atoms with Crippen molar-refractivity contribution in [2.24, 2.45) is 11.8 Å². The first kappa shape index (κ1) is 28.4. The summed E-state index contributed by atoms with van der Waals surface area (Å²) in [6, 6.07) is 7.72. The van der Waals surface area contributed by atoms with E-state index in [1.54, 1.807) is 13.2 Å². The SMILES string of the molecule is COCCOCCOc1cccc2[nH]c(C(=O)N[C@@H](CC3CC3)C(=O)N[C@H](C#N)C[C@@H]3CCCNC3=O)cc12. The fourth-order valence-electron chi connectivity index (χ4n) is 4.75. The van der Waals surface area contributed by atoms with Crippen LogP contribution in [0.1, 0.15) is 49.0 Å². The largest absolute Gasteiger partial charge is 0.490 e. The molecule has 2 fully saturated rings. The predicted octanol–water partition coefficient (Wildman–Crippen LogP) is 2.03. The highest BCUT2D eigenvalue weighted by molar-refractivity contribution is 6.01. The Morgan fingerprint density at radius 3 is 2.69 bits per heavy atom. The van der Waals surface area contributed by atoms with Gasteiger partial charge in [-0.05, 0) is 49.8 Å². The van der Waals surface area contributed by atoms with Gasteiger partial charge in [0.15, 0.2) is 0 Å². The molecule has 3 atom stereocenters. The van der Waals surface area contributed by atoms with Gasteiger partial charge in [0.2, 0.25) is 11.8 Å². The molecule has 1 saturated carbocycles. The zero-order chi connectivity index (χ0) is 27.6. The van der Waals surface area contributed by atoms with E-state index in [2.05, 4.69) is 27.0 Å². The minimum absolute atomic E-state index is 0.0839. The number of ether oxygens (including phenoxy) is 3. The van der Waals surface area contributed by atoms with Crippen molar-refractivity contribution in [1.82, 2.24) is 20.9 Å². The third-order valence-corrected chi connectivity index (χ3v) is 7.07. The lowest BCUT2D eigenvalue weighted by atomic mass is 9.92. The second-order valence-electron chi connectivity index (χ2n) is 10.1. The van der Waals surface area contributed by atoms with Crippen LogP contribution in [0.5, 0.6) is 5.75 Å². The highest BCUT2D eigenvalue weighted by atomic mass is 16.5. The standard InChI is InChI=1S/C28H37N5O6/c1-37-10-11-38-12-13-39-25-6-2-5-22-21(25)16-24(32-22)28(36)33-23(14-18-7-8-18)27(35)31-20(17-29)15-19-4-3-9-30-26(19)34/h2,5-6,16,18-20,23,32H,3-4,7-15H2,1H3,(H,30,34)(H,31,35)(H,33,36)/t19-,20-,23-/m0/s1. The zero-order valence-electron chi connectivity index (χ0n) is 22.3. The molecule has 2 heterocycles. The number of nitrogens with one attached hydrogen (secondary N) is 4. The number of benzene rings is 1. The molecule has 0 bridgehead atoms. The molecular formula is C28H37N5O6. The first-order valence-corrected chi connectivity index (χ1v) is 13.6. The molecule has 2 aromatic rings. The first-order valence-electron chi connectivity index (χ1n) is 13.6. The van der Waals surface area contributed by atoms with Gasteiger partial charge in [0.05, 0.1) is 25.9 Å². The molecule has 39 heavy (non-hydrogen) atoms. The lowest BCUT2D eigenvalue weighted by Crippen LogP contribution is -2.50. The minimum atomic E-state index is -0.809. The predicted molar refractivity (Wildman–Crippen MR) is 143 cm³/mol. The average Bonchev–Trinajstić information content (AvgIpc) is 3.64. The third kappa shape index (κ3) is 8.18. The Hall–Kier alpha value is -3.62. The second-order valence-corrected chi connectivity index (χ2v) is 10.1. The number of rotatable bonds is 15. The normalized spacial score (nSPS) is 18.6. The number of piperidine rings is 1. The lowest BCUT2D eigenvalue weighted by molar-refractivity contribution is -0.128. The average molecular weight is 540 g/mol. The summed E-state index contributed by atoms with van der Waals surface area (Å²) in [6.45, 7) is 2.39. The molecular weight excluding hydrogens is 502 g/mol. The summed E-state index contributed by atoms with van der Waals surface area (Å²) in [5.41, 5.74) is 1.04. The second kappa shape index (κ2) is 14.0. The highest BCUT2D eigenvalue weighted by Crippen LogP contribution is 2.34. The fraction of sp³-hybridized carbons (Fsp3) is 0.571. The Balaban J connectivity index is 1.38. The summed E-state index contributed by atoms with van der Waals surface area (Å²) in [7, 11) is 1.61. The van der Waals surface area contributed by atoms with Crippen LogP contribution in [0.4, 0.5) is 0 Å². The number of nitriles is 1. The molecule has 1 aromatic heterocycles. The molecule has 0 spiro atoms. The van der Waals surface area contributed by atoms with Crippen LogP contribution >= 0.6 is 0 Å². The van der Waals surface area contributed by atoms with Gasteiger partial charge in [-0.3, -0.25) is 14.4 Å². The van der Waals surface area contributed by atoms with Crippen molar-refractivity contribution in [3.8, 4) is 11.8 Å². The number of amides is 3. The number of aromatic amines is 1. The van der Waals surface area contributed by atoms with Gasteiger partial charge in [-0.25, -0.2) is 0 Å². The molecule has 0 radical (unpaired) electrons. The van der Waals surface area contributed by atoms with Crippen molar-refractivity contribution < 1.29 is 28.6 Å². The number of carbonyl (C=O) groups excluding carboxylic acids is 3. The van der Waals surface area contributed by atoms with Crippen LogP contribution in [0.15, 0.2) is 24.3 Å². The van der Waals surface area contributed by atoms with Crippen molar-refractivity contribution in [1.29, 1.82) is 5.26 Å². The number of hydrogen-bond acceptors (Lipinski definition) is 7. The molecule has 4 rings (SSSR count). The monoisotopic (exact) mass is 539 g/mol. The van der Waals surface area contributed by atoms with Crippen LogP contribution in [0.25, 0.3) is 10.9 Å². The number of hydrogen-bond donors (Lipinski definition) is 4. The van der Waals surface area contributed by atoms with Crippen molar-refractivity contribution >= 4 is 28.6 Å². The maximum Gasteiger partial charge on any atom is 0.268 e. The molecule has 4 N–H and O–H groups in total. The van der Waals surface area contributed by atoms with Gasteiger partial charge in [0, 0.05) is 30.5 Å². The molecule has 11 heteroatoms. The van der Waals surface area contributed by atoms with E-state index in [9.17, 15) is 19.6 Å². The molecule has 210 valence electrons. The van der Waals surface area contributed by atoms with E-state index in [1.807, 2.05) is 18.2 Å². The lowest BCUT2D eigenvalue weighted by Gasteiger charge is -2.25. The molecule has 11 nitrogen and oxygen atoms in total. The van der Waals surface area contributed by atoms with Gasteiger partial charge in [0.25, 0.3) is 5.91 Å². The minimum Gasteiger partial charge on any atom is -0.490 e. The van der Waals surface area contributed by atoms with Gasteiger partial charge >= 0.3 is 0 Å². The van der Waals surface area contributed by atoms with Gasteiger partial charge < -0.3 is 35.1 Å². The Morgan fingerprint density at radius 2 is 1.95 bits per heavy atom. The Morgan fingerprint density at radius 1 is 1.13 bits per heavy atom. The van der Waals surface area contributed by atoms with E-state index in [0.29, 0.717) is 63.2 Å². The fourth-order valence-corrected chi connectivity index (χ4v) is 4.75. The topological polar surface area (TPSA) is 155 Å². The Labute approximate surface area is 227 Å². The van der Waals surface area contributed by atoms with Gasteiger partial charge in [-0.15, -0.1) is 0 Å². The molecule has 1 aromatic carbocycles. The summed E-state index contributed by atoms with van der Waals surface area (Å²) in [5, 5.41) is 18.8. The number of carbonyl (C=O) groups is 3. The van der Waals surface area contributed by atoms with Crippen LogP contribution in [-0.4, -0.2) is 74.9 Å². The van der Waals surface area contributed by atoms with Crippen LogP contribution in [0.3, 0.4) is 0 Å². The summed E-state index contributed by atoms with van der Waals surface area (Å²) < 4.78 is 16.2. The van der Waals surface area contributed by atoms with Crippen LogP contribution < -0.4 is 20.7 Å². The van der Waals surface area contributed by atoms with E-state index in [4.69, 9.17) is 14.2 Å². The molecule has 2 aliphatic rings. The van der Waals surface area contributed by atoms with Gasteiger partial charge in [0.1, 0.15) is 30.1 Å². The van der Waals surface area contributed by atoms with Crippen molar-refractivity contribution in [2.45, 2.75) is 50.6 Å². The maximum atomic E-state index is 13.2. The third-order valence-electron chi connectivity index (χ3n) is 7.07. The molecule has 1 saturated heterocycles. The summed E-state index contributed by atoms with van der Waals surface area (Å²) in [6.07, 6.45) is 4.30. The first-order chi connectivity index (χ1) is 19.0. The number of aromatic nitrogens is 1. The van der Waals surface area contributed by atoms with Crippen molar-refractivity contribution in [2.75, 3.05) is 40.1 Å². The number of nitrogens with zero attached hydrogens (tertiary/aromatic N) is 1. The van der Waals surface area contributed by atoms with Crippen molar-refractivity contribution in [3.63, 3.8) is 0 Å². The Bertz CT molecular complexity index is 1190. The van der Waals surface area contributed by atoms with Gasteiger partial charge in [-0.2, -0.15) is 5.26 Å². The van der Waals surface area contributed by atoms with Crippen molar-refractivity contribution in [3.05, 3.63) is 30.0 Å². The maximum absolute atomic E-state index is 13.2. The molecule has 1 aliphatic carbocycles. The number of H-pyrrole nitrogens is 1. The quantitative estimate of drug-likeness (QED) is 0.253. The van der Waals surface area contributed by atoms with E-state index in [-0.39, 0.29) is 18.2 Å². The van der Waals surface area contributed by atoms with E-state index >= 15 is 0 Å².